The summed E-state index contributed by atoms with van der Waals surface area (Å²) in [5, 5.41) is 0.482. The molecule has 0 aliphatic carbocycles. The number of hydrogen-bond donors (Lipinski definition) is 0. The Kier molecular flexibility index (Phi) is 3.91. The molecule has 98 valence electrons. The number of benzene rings is 2. The number of hydrogen-bond acceptors (Lipinski definition) is 2. The van der Waals surface area contributed by atoms with Crippen LogP contribution >= 0.6 is 11.6 Å². The lowest BCUT2D eigenvalue weighted by atomic mass is 9.99. The predicted octanol–water partition coefficient (Wildman–Crippen LogP) is 4.20. The summed E-state index contributed by atoms with van der Waals surface area (Å²) in [7, 11) is 1.58. The number of ketones is 1. The van der Waals surface area contributed by atoms with Gasteiger partial charge in [-0.05, 0) is 49.2 Å². The van der Waals surface area contributed by atoms with Gasteiger partial charge in [0.05, 0.1) is 12.1 Å². The fraction of sp³-hybridized carbons (Fsp3) is 0.188. The van der Waals surface area contributed by atoms with Crippen molar-refractivity contribution in [2.75, 3.05) is 7.11 Å². The van der Waals surface area contributed by atoms with E-state index in [0.29, 0.717) is 21.9 Å². The van der Waals surface area contributed by atoms with Crippen molar-refractivity contribution in [3.8, 4) is 5.75 Å². The molecule has 0 fully saturated rings. The van der Waals surface area contributed by atoms with Gasteiger partial charge in [-0.25, -0.2) is 0 Å². The Morgan fingerprint density at radius 3 is 2.47 bits per heavy atom. The summed E-state index contributed by atoms with van der Waals surface area (Å²) in [5.74, 6) is 0.567. The Balaban J connectivity index is 2.46. The number of halogens is 1. The third kappa shape index (κ3) is 2.79. The molecule has 0 N–H and O–H groups in total. The van der Waals surface area contributed by atoms with Crippen molar-refractivity contribution in [3.05, 3.63) is 63.7 Å². The molecule has 3 heteroatoms. The van der Waals surface area contributed by atoms with Crippen LogP contribution in [0.25, 0.3) is 0 Å². The average Bonchev–Trinajstić information content (AvgIpc) is 2.42. The quantitative estimate of drug-likeness (QED) is 0.784. The highest BCUT2D eigenvalue weighted by molar-refractivity contribution is 6.35. The molecule has 0 atom stereocenters. The van der Waals surface area contributed by atoms with Crippen LogP contribution in [-0.2, 0) is 0 Å². The summed E-state index contributed by atoms with van der Waals surface area (Å²) >= 11 is 6.17. The van der Waals surface area contributed by atoms with Gasteiger partial charge in [0.15, 0.2) is 5.78 Å². The minimum Gasteiger partial charge on any atom is -0.497 e. The first-order chi connectivity index (χ1) is 9.02. The van der Waals surface area contributed by atoms with Crippen LogP contribution in [0, 0.1) is 13.8 Å². The van der Waals surface area contributed by atoms with E-state index in [9.17, 15) is 4.79 Å². The standard InChI is InChI=1S/C16H15ClO2/c1-10-7-14(15(17)8-11(10)2)16(18)12-5-4-6-13(9-12)19-3/h4-9H,1-3H3. The summed E-state index contributed by atoms with van der Waals surface area (Å²) in [5.41, 5.74) is 3.23. The van der Waals surface area contributed by atoms with E-state index in [-0.39, 0.29) is 5.78 Å². The van der Waals surface area contributed by atoms with Crippen molar-refractivity contribution >= 4 is 17.4 Å². The maximum atomic E-state index is 12.5. The molecule has 2 aromatic rings. The summed E-state index contributed by atoms with van der Waals surface area (Å²) in [6.07, 6.45) is 0. The fourth-order valence-electron chi connectivity index (χ4n) is 1.87. The molecule has 0 radical (unpaired) electrons. The fourth-order valence-corrected chi connectivity index (χ4v) is 2.18. The van der Waals surface area contributed by atoms with Crippen LogP contribution in [0.5, 0.6) is 5.75 Å². The molecule has 0 amide bonds. The maximum Gasteiger partial charge on any atom is 0.194 e. The molecule has 0 aliphatic rings. The zero-order chi connectivity index (χ0) is 14.0. The van der Waals surface area contributed by atoms with Gasteiger partial charge in [-0.2, -0.15) is 0 Å². The summed E-state index contributed by atoms with van der Waals surface area (Å²) in [6, 6.07) is 10.7. The molecule has 2 nitrogen and oxygen atoms in total. The third-order valence-electron chi connectivity index (χ3n) is 3.16. The lowest BCUT2D eigenvalue weighted by Gasteiger charge is -2.08. The molecular formula is C16H15ClO2. The number of methoxy groups -OCH3 is 1. The highest BCUT2D eigenvalue weighted by Crippen LogP contribution is 2.24. The Hall–Kier alpha value is -1.80. The number of carbonyl (C=O) groups excluding carboxylic acids is 1. The van der Waals surface area contributed by atoms with Gasteiger partial charge in [0.1, 0.15) is 5.75 Å². The van der Waals surface area contributed by atoms with E-state index in [1.807, 2.05) is 26.0 Å². The van der Waals surface area contributed by atoms with Gasteiger partial charge in [-0.1, -0.05) is 23.7 Å². The molecule has 19 heavy (non-hydrogen) atoms. The highest BCUT2D eigenvalue weighted by atomic mass is 35.5. The van der Waals surface area contributed by atoms with Gasteiger partial charge in [0.25, 0.3) is 0 Å². The predicted molar refractivity (Wildman–Crippen MR) is 77.4 cm³/mol. The molecule has 0 bridgehead atoms. The third-order valence-corrected chi connectivity index (χ3v) is 3.47. The molecule has 0 saturated heterocycles. The molecule has 0 unspecified atom stereocenters. The summed E-state index contributed by atoms with van der Waals surface area (Å²) < 4.78 is 5.13. The lowest BCUT2D eigenvalue weighted by Crippen LogP contribution is -2.03. The van der Waals surface area contributed by atoms with Crippen molar-refractivity contribution in [3.63, 3.8) is 0 Å². The molecule has 0 saturated carbocycles. The lowest BCUT2D eigenvalue weighted by molar-refractivity contribution is 0.103. The second kappa shape index (κ2) is 5.45. The van der Waals surface area contributed by atoms with Gasteiger partial charge >= 0.3 is 0 Å². The second-order valence-electron chi connectivity index (χ2n) is 4.48. The monoisotopic (exact) mass is 274 g/mol. The first-order valence-electron chi connectivity index (χ1n) is 5.98. The molecule has 0 aromatic heterocycles. The minimum absolute atomic E-state index is 0.0907. The number of ether oxygens (including phenoxy) is 1. The molecule has 0 aliphatic heterocycles. The number of aryl methyl sites for hydroxylation is 2. The van der Waals surface area contributed by atoms with Crippen LogP contribution in [0.1, 0.15) is 27.0 Å². The summed E-state index contributed by atoms with van der Waals surface area (Å²) in [6.45, 7) is 3.94. The Morgan fingerprint density at radius 1 is 1.11 bits per heavy atom. The first kappa shape index (κ1) is 13.6. The SMILES string of the molecule is COc1cccc(C(=O)c2cc(C)c(C)cc2Cl)c1. The van der Waals surface area contributed by atoms with E-state index >= 15 is 0 Å². The number of rotatable bonds is 3. The van der Waals surface area contributed by atoms with Crippen molar-refractivity contribution in [2.24, 2.45) is 0 Å². The van der Waals surface area contributed by atoms with Crippen molar-refractivity contribution < 1.29 is 9.53 Å². The zero-order valence-electron chi connectivity index (χ0n) is 11.2. The van der Waals surface area contributed by atoms with Gasteiger partial charge < -0.3 is 4.74 Å². The van der Waals surface area contributed by atoms with Crippen LogP contribution in [0.2, 0.25) is 5.02 Å². The van der Waals surface area contributed by atoms with E-state index in [1.165, 1.54) is 0 Å². The van der Waals surface area contributed by atoms with Crippen LogP contribution in [0.15, 0.2) is 36.4 Å². The van der Waals surface area contributed by atoms with Gasteiger partial charge in [0.2, 0.25) is 0 Å². The maximum absolute atomic E-state index is 12.5. The second-order valence-corrected chi connectivity index (χ2v) is 4.88. The largest absolute Gasteiger partial charge is 0.497 e. The Morgan fingerprint density at radius 2 is 1.79 bits per heavy atom. The van der Waals surface area contributed by atoms with Crippen LogP contribution in [-0.4, -0.2) is 12.9 Å². The van der Waals surface area contributed by atoms with Crippen LogP contribution < -0.4 is 4.74 Å². The number of carbonyl (C=O) groups is 1. The van der Waals surface area contributed by atoms with E-state index in [2.05, 4.69) is 0 Å². The molecule has 2 aromatic carbocycles. The van der Waals surface area contributed by atoms with Crippen LogP contribution in [0.4, 0.5) is 0 Å². The topological polar surface area (TPSA) is 26.3 Å². The molecular weight excluding hydrogens is 260 g/mol. The minimum atomic E-state index is -0.0907. The van der Waals surface area contributed by atoms with E-state index in [1.54, 1.807) is 31.4 Å². The van der Waals surface area contributed by atoms with E-state index < -0.39 is 0 Å². The zero-order valence-corrected chi connectivity index (χ0v) is 11.9. The highest BCUT2D eigenvalue weighted by Gasteiger charge is 2.14. The van der Waals surface area contributed by atoms with Crippen molar-refractivity contribution in [2.45, 2.75) is 13.8 Å². The smallest absolute Gasteiger partial charge is 0.194 e. The molecule has 0 spiro atoms. The van der Waals surface area contributed by atoms with E-state index in [0.717, 1.165) is 11.1 Å². The van der Waals surface area contributed by atoms with Gasteiger partial charge in [-0.15, -0.1) is 0 Å². The summed E-state index contributed by atoms with van der Waals surface area (Å²) in [4.78, 5) is 12.5. The Bertz CT molecular complexity index is 633. The van der Waals surface area contributed by atoms with Crippen molar-refractivity contribution in [1.29, 1.82) is 0 Å². The van der Waals surface area contributed by atoms with E-state index in [4.69, 9.17) is 16.3 Å². The Labute approximate surface area is 118 Å². The average molecular weight is 275 g/mol. The van der Waals surface area contributed by atoms with Gasteiger partial charge in [-0.3, -0.25) is 4.79 Å². The molecule has 0 heterocycles. The normalized spacial score (nSPS) is 10.3. The van der Waals surface area contributed by atoms with Gasteiger partial charge in [0, 0.05) is 11.1 Å². The van der Waals surface area contributed by atoms with Crippen LogP contribution in [0.3, 0.4) is 0 Å². The van der Waals surface area contributed by atoms with Crippen molar-refractivity contribution in [1.82, 2.24) is 0 Å². The first-order valence-corrected chi connectivity index (χ1v) is 6.36. The molecule has 2 rings (SSSR count).